The van der Waals surface area contributed by atoms with E-state index in [1.165, 1.54) is 12.1 Å². The average molecular weight is 381 g/mol. The molecule has 0 heterocycles. The molecule has 0 aromatic heterocycles. The fourth-order valence-corrected chi connectivity index (χ4v) is 2.36. The van der Waals surface area contributed by atoms with E-state index < -0.39 is 11.7 Å². The van der Waals surface area contributed by atoms with Crippen LogP contribution in [0.1, 0.15) is 30.9 Å². The van der Waals surface area contributed by atoms with Crippen LogP contribution in [0.25, 0.3) is 0 Å². The van der Waals surface area contributed by atoms with Gasteiger partial charge in [0.1, 0.15) is 0 Å². The highest BCUT2D eigenvalue weighted by atomic mass is 19.4. The van der Waals surface area contributed by atoms with Gasteiger partial charge >= 0.3 is 6.18 Å². The van der Waals surface area contributed by atoms with Crippen molar-refractivity contribution in [2.75, 3.05) is 13.2 Å². The minimum absolute atomic E-state index is 0.184. The number of alkyl halides is 3. The van der Waals surface area contributed by atoms with Crippen LogP contribution in [-0.4, -0.2) is 19.1 Å². The zero-order valence-electron chi connectivity index (χ0n) is 15.0. The number of rotatable bonds is 9. The number of hydrogen-bond acceptors (Lipinski definition) is 3. The summed E-state index contributed by atoms with van der Waals surface area (Å²) in [7, 11) is 0. The number of ether oxygens (including phenoxy) is 2. The van der Waals surface area contributed by atoms with E-state index in [0.29, 0.717) is 36.7 Å². The first-order valence-electron chi connectivity index (χ1n) is 8.67. The van der Waals surface area contributed by atoms with Gasteiger partial charge in [0.15, 0.2) is 11.5 Å². The van der Waals surface area contributed by atoms with Crippen LogP contribution in [0, 0.1) is 0 Å². The third-order valence-corrected chi connectivity index (χ3v) is 3.73. The second-order valence-corrected chi connectivity index (χ2v) is 5.80. The van der Waals surface area contributed by atoms with Gasteiger partial charge in [0.05, 0.1) is 18.8 Å². The standard InChI is InChI=1S/C20H22F3NO3/c1-2-26-17-6-3-4-7-18(17)27-13-5-8-19(25)24-14-15-9-11-16(12-10-15)20(21,22)23/h3-4,6-7,9-12H,2,5,8,13-14H2,1H3,(H,24,25). The highest BCUT2D eigenvalue weighted by Crippen LogP contribution is 2.29. The summed E-state index contributed by atoms with van der Waals surface area (Å²) in [6.45, 7) is 2.97. The molecule has 1 N–H and O–H groups in total. The van der Waals surface area contributed by atoms with Crippen LogP contribution in [0.4, 0.5) is 13.2 Å². The minimum Gasteiger partial charge on any atom is -0.490 e. The molecule has 0 bridgehead atoms. The van der Waals surface area contributed by atoms with E-state index >= 15 is 0 Å². The number of carbonyl (C=O) groups excluding carboxylic acids is 1. The summed E-state index contributed by atoms with van der Waals surface area (Å²) in [5.41, 5.74) is -0.0969. The fourth-order valence-electron chi connectivity index (χ4n) is 2.36. The van der Waals surface area contributed by atoms with E-state index in [1.54, 1.807) is 6.07 Å². The third kappa shape index (κ3) is 6.84. The summed E-state index contributed by atoms with van der Waals surface area (Å²) >= 11 is 0. The summed E-state index contributed by atoms with van der Waals surface area (Å²) in [6.07, 6.45) is -3.58. The Hall–Kier alpha value is -2.70. The SMILES string of the molecule is CCOc1ccccc1OCCCC(=O)NCc1ccc(C(F)(F)F)cc1. The first kappa shape index (κ1) is 20.6. The summed E-state index contributed by atoms with van der Waals surface area (Å²) < 4.78 is 48.6. The van der Waals surface area contributed by atoms with Crippen molar-refractivity contribution >= 4 is 5.91 Å². The molecule has 146 valence electrons. The van der Waals surface area contributed by atoms with Crippen LogP contribution in [0.2, 0.25) is 0 Å². The second kappa shape index (κ2) is 9.85. The molecule has 0 aliphatic carbocycles. The molecular weight excluding hydrogens is 359 g/mol. The summed E-state index contributed by atoms with van der Waals surface area (Å²) in [6, 6.07) is 12.0. The molecule has 2 aromatic rings. The Labute approximate surface area is 156 Å². The molecule has 1 amide bonds. The molecule has 0 aliphatic heterocycles. The summed E-state index contributed by atoms with van der Waals surface area (Å²) in [5.74, 6) is 1.10. The molecule has 7 heteroatoms. The Balaban J connectivity index is 1.69. The normalized spacial score (nSPS) is 11.1. The molecule has 0 saturated heterocycles. The van der Waals surface area contributed by atoms with E-state index in [9.17, 15) is 18.0 Å². The largest absolute Gasteiger partial charge is 0.490 e. The molecule has 0 aliphatic rings. The van der Waals surface area contributed by atoms with Crippen molar-refractivity contribution in [1.29, 1.82) is 0 Å². The van der Waals surface area contributed by atoms with Crippen LogP contribution < -0.4 is 14.8 Å². The molecule has 27 heavy (non-hydrogen) atoms. The lowest BCUT2D eigenvalue weighted by atomic mass is 10.1. The van der Waals surface area contributed by atoms with E-state index in [-0.39, 0.29) is 18.9 Å². The third-order valence-electron chi connectivity index (χ3n) is 3.73. The number of carbonyl (C=O) groups is 1. The van der Waals surface area contributed by atoms with Crippen molar-refractivity contribution in [1.82, 2.24) is 5.32 Å². The number of hydrogen-bond donors (Lipinski definition) is 1. The van der Waals surface area contributed by atoms with Gasteiger partial charge in [-0.3, -0.25) is 4.79 Å². The first-order valence-corrected chi connectivity index (χ1v) is 8.67. The van der Waals surface area contributed by atoms with Gasteiger partial charge in [0, 0.05) is 13.0 Å². The summed E-state index contributed by atoms with van der Waals surface area (Å²) in [4.78, 5) is 11.9. The van der Waals surface area contributed by atoms with Gasteiger partial charge in [0.25, 0.3) is 0 Å². The molecule has 2 aromatic carbocycles. The lowest BCUT2D eigenvalue weighted by Crippen LogP contribution is -2.23. The number of para-hydroxylation sites is 2. The van der Waals surface area contributed by atoms with Crippen molar-refractivity contribution in [2.24, 2.45) is 0 Å². The van der Waals surface area contributed by atoms with E-state index in [0.717, 1.165) is 12.1 Å². The van der Waals surface area contributed by atoms with Crippen LogP contribution in [0.3, 0.4) is 0 Å². The Morgan fingerprint density at radius 1 is 1.00 bits per heavy atom. The maximum absolute atomic E-state index is 12.5. The number of amides is 1. The van der Waals surface area contributed by atoms with Crippen molar-refractivity contribution in [3.63, 3.8) is 0 Å². The topological polar surface area (TPSA) is 47.6 Å². The zero-order chi connectivity index (χ0) is 19.7. The Bertz CT molecular complexity index is 730. The van der Waals surface area contributed by atoms with Crippen LogP contribution in [0.15, 0.2) is 48.5 Å². The molecular formula is C20H22F3NO3. The van der Waals surface area contributed by atoms with Crippen LogP contribution in [-0.2, 0) is 17.5 Å². The van der Waals surface area contributed by atoms with E-state index in [1.807, 2.05) is 25.1 Å². The quantitative estimate of drug-likeness (QED) is 0.647. The maximum atomic E-state index is 12.5. The first-order chi connectivity index (χ1) is 12.9. The minimum atomic E-state index is -4.36. The molecule has 0 unspecified atom stereocenters. The molecule has 2 rings (SSSR count). The molecule has 0 saturated carbocycles. The maximum Gasteiger partial charge on any atom is 0.416 e. The second-order valence-electron chi connectivity index (χ2n) is 5.80. The monoisotopic (exact) mass is 381 g/mol. The molecule has 4 nitrogen and oxygen atoms in total. The number of nitrogens with one attached hydrogen (secondary N) is 1. The Morgan fingerprint density at radius 3 is 2.22 bits per heavy atom. The average Bonchev–Trinajstić information content (AvgIpc) is 2.64. The van der Waals surface area contributed by atoms with E-state index in [4.69, 9.17) is 9.47 Å². The Kier molecular flexibility index (Phi) is 7.52. The highest BCUT2D eigenvalue weighted by Gasteiger charge is 2.29. The van der Waals surface area contributed by atoms with Gasteiger partial charge in [0.2, 0.25) is 5.91 Å². The highest BCUT2D eigenvalue weighted by molar-refractivity contribution is 5.75. The van der Waals surface area contributed by atoms with Crippen LogP contribution >= 0.6 is 0 Å². The van der Waals surface area contributed by atoms with Gasteiger partial charge in [-0.25, -0.2) is 0 Å². The number of benzene rings is 2. The molecule has 0 atom stereocenters. The van der Waals surface area contributed by atoms with E-state index in [2.05, 4.69) is 5.32 Å². The van der Waals surface area contributed by atoms with Gasteiger partial charge < -0.3 is 14.8 Å². The van der Waals surface area contributed by atoms with Crippen molar-refractivity contribution in [3.05, 3.63) is 59.7 Å². The zero-order valence-corrected chi connectivity index (χ0v) is 15.0. The van der Waals surface area contributed by atoms with Crippen molar-refractivity contribution in [2.45, 2.75) is 32.5 Å². The fraction of sp³-hybridized carbons (Fsp3) is 0.350. The van der Waals surface area contributed by atoms with Gasteiger partial charge in [-0.2, -0.15) is 13.2 Å². The van der Waals surface area contributed by atoms with Crippen molar-refractivity contribution < 1.29 is 27.4 Å². The molecule has 0 fully saturated rings. The predicted molar refractivity (Wildman–Crippen MR) is 95.6 cm³/mol. The van der Waals surface area contributed by atoms with Crippen LogP contribution in [0.5, 0.6) is 11.5 Å². The van der Waals surface area contributed by atoms with Crippen molar-refractivity contribution in [3.8, 4) is 11.5 Å². The van der Waals surface area contributed by atoms with Gasteiger partial charge in [-0.1, -0.05) is 24.3 Å². The predicted octanol–water partition coefficient (Wildman–Crippen LogP) is 4.58. The lowest BCUT2D eigenvalue weighted by molar-refractivity contribution is -0.137. The van der Waals surface area contributed by atoms with Gasteiger partial charge in [-0.05, 0) is 43.2 Å². The smallest absolute Gasteiger partial charge is 0.416 e. The number of halogens is 3. The molecule has 0 spiro atoms. The van der Waals surface area contributed by atoms with Gasteiger partial charge in [-0.15, -0.1) is 0 Å². The lowest BCUT2D eigenvalue weighted by Gasteiger charge is -2.11. The Morgan fingerprint density at radius 2 is 1.63 bits per heavy atom. The summed E-state index contributed by atoms with van der Waals surface area (Å²) in [5, 5.41) is 2.69. The molecule has 0 radical (unpaired) electrons.